The van der Waals surface area contributed by atoms with Gasteiger partial charge in [-0.05, 0) is 19.3 Å². The van der Waals surface area contributed by atoms with Gasteiger partial charge < -0.3 is 15.2 Å². The van der Waals surface area contributed by atoms with Crippen LogP contribution in [0.3, 0.4) is 0 Å². The Balaban J connectivity index is 2.15. The van der Waals surface area contributed by atoms with Crippen LogP contribution in [-0.4, -0.2) is 33.9 Å². The number of likely N-dealkylation sites (N-methyl/N-ethyl adjacent to an activating group) is 1. The average molecular weight is 261 g/mol. The summed E-state index contributed by atoms with van der Waals surface area (Å²) in [4.78, 5) is 37.0. The van der Waals surface area contributed by atoms with E-state index in [1.807, 2.05) is 0 Å². The van der Waals surface area contributed by atoms with Crippen molar-refractivity contribution in [3.05, 3.63) is 33.7 Å². The van der Waals surface area contributed by atoms with E-state index in [4.69, 9.17) is 5.73 Å². The molecule has 1 fully saturated rings. The van der Waals surface area contributed by atoms with Crippen molar-refractivity contribution >= 4 is 11.8 Å². The Hall–Kier alpha value is -2.11. The first kappa shape index (κ1) is 12.0. The molecule has 6 nitrogen and oxygen atoms in total. The molecule has 0 atom stereocenters. The number of aromatic nitrogens is 1. The van der Waals surface area contributed by atoms with Crippen LogP contribution in [0.25, 0.3) is 0 Å². The predicted molar refractivity (Wildman–Crippen MR) is 67.9 cm³/mol. The molecule has 19 heavy (non-hydrogen) atoms. The maximum absolute atomic E-state index is 12.3. The van der Waals surface area contributed by atoms with Gasteiger partial charge in [0.05, 0.1) is 5.54 Å². The minimum atomic E-state index is -0.755. The quantitative estimate of drug-likeness (QED) is 0.769. The molecule has 1 aliphatic carbocycles. The molecule has 0 aromatic carbocycles. The Morgan fingerprint density at radius 1 is 1.37 bits per heavy atom. The summed E-state index contributed by atoms with van der Waals surface area (Å²) in [5.41, 5.74) is 4.79. The summed E-state index contributed by atoms with van der Waals surface area (Å²) >= 11 is 0. The zero-order chi connectivity index (χ0) is 13.8. The molecule has 1 spiro atoms. The van der Waals surface area contributed by atoms with E-state index in [9.17, 15) is 14.4 Å². The highest BCUT2D eigenvalue weighted by molar-refractivity contribution is 5.96. The molecular formula is C13H15N3O3. The smallest absolute Gasteiger partial charge is 0.270 e. The van der Waals surface area contributed by atoms with E-state index in [-0.39, 0.29) is 17.0 Å². The van der Waals surface area contributed by atoms with Crippen molar-refractivity contribution < 1.29 is 9.59 Å². The van der Waals surface area contributed by atoms with E-state index in [1.54, 1.807) is 16.5 Å². The lowest BCUT2D eigenvalue weighted by atomic mass is 9.74. The Morgan fingerprint density at radius 3 is 2.58 bits per heavy atom. The number of hydrogen-bond donors (Lipinski definition) is 1. The van der Waals surface area contributed by atoms with Crippen LogP contribution in [0.2, 0.25) is 0 Å². The highest BCUT2D eigenvalue weighted by Crippen LogP contribution is 2.41. The fourth-order valence-corrected chi connectivity index (χ4v) is 2.96. The van der Waals surface area contributed by atoms with Crippen molar-refractivity contribution in [2.75, 3.05) is 7.05 Å². The number of nitrogens with zero attached hydrogens (tertiary/aromatic N) is 2. The first-order valence-electron chi connectivity index (χ1n) is 6.27. The SMILES string of the molecule is CN1C(=O)c2cc(=O)c(C(N)=O)cn2CC12CCC2. The molecule has 3 rings (SSSR count). The summed E-state index contributed by atoms with van der Waals surface area (Å²) in [7, 11) is 1.78. The lowest BCUT2D eigenvalue weighted by molar-refractivity contribution is 0.00718. The van der Waals surface area contributed by atoms with E-state index in [1.165, 1.54) is 12.3 Å². The molecule has 1 aliphatic heterocycles. The Kier molecular flexibility index (Phi) is 2.32. The minimum absolute atomic E-state index is 0.0597. The molecule has 0 saturated heterocycles. The molecule has 2 heterocycles. The first-order chi connectivity index (χ1) is 8.94. The van der Waals surface area contributed by atoms with Crippen molar-refractivity contribution in [2.24, 2.45) is 5.73 Å². The van der Waals surface area contributed by atoms with Gasteiger partial charge in [-0.1, -0.05) is 0 Å². The third-order valence-electron chi connectivity index (χ3n) is 4.38. The van der Waals surface area contributed by atoms with Gasteiger partial charge in [-0.2, -0.15) is 0 Å². The molecule has 2 aliphatic rings. The largest absolute Gasteiger partial charge is 0.365 e. The summed E-state index contributed by atoms with van der Waals surface area (Å²) in [5.74, 6) is -0.923. The molecule has 2 N–H and O–H groups in total. The van der Waals surface area contributed by atoms with Crippen LogP contribution in [0.1, 0.15) is 40.1 Å². The van der Waals surface area contributed by atoms with Crippen LogP contribution >= 0.6 is 0 Å². The van der Waals surface area contributed by atoms with Gasteiger partial charge in [0.25, 0.3) is 11.8 Å². The van der Waals surface area contributed by atoms with Gasteiger partial charge in [-0.3, -0.25) is 14.4 Å². The van der Waals surface area contributed by atoms with Gasteiger partial charge in [0.1, 0.15) is 11.3 Å². The van der Waals surface area contributed by atoms with Crippen molar-refractivity contribution in [3.63, 3.8) is 0 Å². The van der Waals surface area contributed by atoms with Gasteiger partial charge in [0.15, 0.2) is 5.43 Å². The second-order valence-electron chi connectivity index (χ2n) is 5.37. The monoisotopic (exact) mass is 261 g/mol. The summed E-state index contributed by atoms with van der Waals surface area (Å²) in [6.07, 6.45) is 4.42. The summed E-state index contributed by atoms with van der Waals surface area (Å²) in [6, 6.07) is 1.21. The fourth-order valence-electron chi connectivity index (χ4n) is 2.96. The van der Waals surface area contributed by atoms with Crippen LogP contribution in [0, 0.1) is 0 Å². The molecule has 1 saturated carbocycles. The zero-order valence-corrected chi connectivity index (χ0v) is 10.7. The zero-order valence-electron chi connectivity index (χ0n) is 10.7. The molecule has 1 aromatic rings. The molecule has 100 valence electrons. The third-order valence-corrected chi connectivity index (χ3v) is 4.38. The Labute approximate surface area is 109 Å². The van der Waals surface area contributed by atoms with Crippen molar-refractivity contribution in [1.82, 2.24) is 9.47 Å². The highest BCUT2D eigenvalue weighted by atomic mass is 16.2. The number of rotatable bonds is 1. The lowest BCUT2D eigenvalue weighted by Gasteiger charge is -2.52. The fraction of sp³-hybridized carbons (Fsp3) is 0.462. The topological polar surface area (TPSA) is 85.4 Å². The average Bonchev–Trinajstić information content (AvgIpc) is 2.31. The summed E-state index contributed by atoms with van der Waals surface area (Å²) in [5, 5.41) is 0. The Morgan fingerprint density at radius 2 is 2.05 bits per heavy atom. The van der Waals surface area contributed by atoms with Gasteiger partial charge in [0.2, 0.25) is 0 Å². The van der Waals surface area contributed by atoms with E-state index < -0.39 is 11.3 Å². The van der Waals surface area contributed by atoms with Crippen molar-refractivity contribution in [3.8, 4) is 0 Å². The van der Waals surface area contributed by atoms with Crippen LogP contribution in [0.5, 0.6) is 0 Å². The highest BCUT2D eigenvalue weighted by Gasteiger charge is 2.47. The van der Waals surface area contributed by atoms with Crippen molar-refractivity contribution in [2.45, 2.75) is 31.3 Å². The molecular weight excluding hydrogens is 246 g/mol. The second kappa shape index (κ2) is 3.69. The predicted octanol–water partition coefficient (Wildman–Crippen LogP) is -0.0445. The lowest BCUT2D eigenvalue weighted by Crippen LogP contribution is -2.60. The van der Waals surface area contributed by atoms with Crippen molar-refractivity contribution in [1.29, 1.82) is 0 Å². The number of carbonyl (C=O) groups is 2. The number of pyridine rings is 1. The third kappa shape index (κ3) is 1.52. The number of amides is 2. The molecule has 1 aromatic heterocycles. The number of fused-ring (bicyclic) bond motifs is 1. The maximum Gasteiger partial charge on any atom is 0.270 e. The van der Waals surface area contributed by atoms with Crippen LogP contribution < -0.4 is 11.2 Å². The molecule has 2 amide bonds. The van der Waals surface area contributed by atoms with E-state index in [0.29, 0.717) is 12.2 Å². The first-order valence-corrected chi connectivity index (χ1v) is 6.27. The normalized spacial score (nSPS) is 20.1. The molecule has 6 heteroatoms. The molecule has 0 bridgehead atoms. The minimum Gasteiger partial charge on any atom is -0.365 e. The molecule has 0 radical (unpaired) electrons. The standard InChI is InChI=1S/C13H15N3O3/c1-15-12(19)9-5-10(17)8(11(14)18)6-16(9)7-13(15)3-2-4-13/h5-6H,2-4,7H2,1H3,(H2,14,18). The Bertz CT molecular complexity index is 643. The number of nitrogens with two attached hydrogens (primary N) is 1. The second-order valence-corrected chi connectivity index (χ2v) is 5.37. The van der Waals surface area contributed by atoms with Crippen LogP contribution in [0.15, 0.2) is 17.1 Å². The van der Waals surface area contributed by atoms with Gasteiger partial charge >= 0.3 is 0 Å². The van der Waals surface area contributed by atoms with E-state index >= 15 is 0 Å². The molecule has 0 unspecified atom stereocenters. The van der Waals surface area contributed by atoms with Gasteiger partial charge in [-0.25, -0.2) is 0 Å². The number of carbonyl (C=O) groups excluding carboxylic acids is 2. The summed E-state index contributed by atoms with van der Waals surface area (Å²) < 4.78 is 1.70. The number of primary amides is 1. The van der Waals surface area contributed by atoms with E-state index in [0.717, 1.165) is 19.3 Å². The maximum atomic E-state index is 12.3. The summed E-state index contributed by atoms with van der Waals surface area (Å²) in [6.45, 7) is 0.616. The number of hydrogen-bond acceptors (Lipinski definition) is 3. The van der Waals surface area contributed by atoms with E-state index in [2.05, 4.69) is 0 Å². The van der Waals surface area contributed by atoms with Gasteiger partial charge in [-0.15, -0.1) is 0 Å². The van der Waals surface area contributed by atoms with Crippen LogP contribution in [0.4, 0.5) is 0 Å². The van der Waals surface area contributed by atoms with Crippen LogP contribution in [-0.2, 0) is 6.54 Å². The van der Waals surface area contributed by atoms with Gasteiger partial charge in [0, 0.05) is 25.9 Å².